The highest BCUT2D eigenvalue weighted by Crippen LogP contribution is 2.58. The fourth-order valence-electron chi connectivity index (χ4n) is 6.26. The van der Waals surface area contributed by atoms with Gasteiger partial charge in [0, 0.05) is 13.3 Å². The number of aromatic nitrogens is 7. The Morgan fingerprint density at radius 3 is 2.61 bits per heavy atom. The summed E-state index contributed by atoms with van der Waals surface area (Å²) >= 11 is 5.43. The molecule has 10 atom stereocenters. The lowest BCUT2D eigenvalue weighted by Crippen LogP contribution is -2.46. The summed E-state index contributed by atoms with van der Waals surface area (Å²) in [6, 6.07) is 1.61. The van der Waals surface area contributed by atoms with Crippen LogP contribution in [0.3, 0.4) is 0 Å². The maximum absolute atomic E-state index is 13.7. The van der Waals surface area contributed by atoms with Gasteiger partial charge in [0.1, 0.15) is 53.5 Å². The SMILES string of the molecule is [B]P1(=O)OC[C@@]23COC([C@H](n4cnc5c(N)ncnc54)O2)[C@H]3OP(O)(=S)OC[C@H]2O[C@@H](n3cnc4c(N)ccnc43)[C@@H](OC)C2O1. The number of anilines is 2. The van der Waals surface area contributed by atoms with Crippen molar-refractivity contribution in [1.29, 1.82) is 0 Å². The molecule has 4 unspecified atom stereocenters. The highest BCUT2D eigenvalue weighted by Gasteiger charge is 2.65. The summed E-state index contributed by atoms with van der Waals surface area (Å²) in [5, 5.41) is 0. The fourth-order valence-corrected chi connectivity index (χ4v) is 8.77. The molecule has 19 nitrogen and oxygen atoms in total. The Labute approximate surface area is 265 Å². The maximum Gasteiger partial charge on any atom is 0.325 e. The predicted octanol–water partition coefficient (Wildman–Crippen LogP) is 0.325. The van der Waals surface area contributed by atoms with Gasteiger partial charge in [-0.3, -0.25) is 18.2 Å². The van der Waals surface area contributed by atoms with Gasteiger partial charge in [-0.25, -0.2) is 24.9 Å². The van der Waals surface area contributed by atoms with E-state index in [1.54, 1.807) is 15.2 Å². The van der Waals surface area contributed by atoms with Crippen LogP contribution in [0.15, 0.2) is 31.2 Å². The number of imidazole rings is 2. The first-order chi connectivity index (χ1) is 22.0. The van der Waals surface area contributed by atoms with E-state index < -0.39 is 69.4 Å². The first kappa shape index (κ1) is 30.7. The van der Waals surface area contributed by atoms with Crippen molar-refractivity contribution >= 4 is 67.4 Å². The zero-order chi connectivity index (χ0) is 32.0. The van der Waals surface area contributed by atoms with Gasteiger partial charge < -0.3 is 48.9 Å². The maximum atomic E-state index is 13.7. The lowest BCUT2D eigenvalue weighted by atomic mass is 10.0. The monoisotopic (exact) mass is 693 g/mol. The molecule has 8 rings (SSSR count). The van der Waals surface area contributed by atoms with Gasteiger partial charge in [0.15, 0.2) is 29.6 Å². The molecule has 0 aliphatic carbocycles. The molecular formula is C23H26BN9O10P2S. The molecular weight excluding hydrogens is 667 g/mol. The average molecular weight is 693 g/mol. The van der Waals surface area contributed by atoms with E-state index >= 15 is 0 Å². The summed E-state index contributed by atoms with van der Waals surface area (Å²) in [7, 11) is 3.20. The van der Waals surface area contributed by atoms with Crippen molar-refractivity contribution in [3.63, 3.8) is 0 Å². The molecule has 4 aliphatic rings. The third kappa shape index (κ3) is 4.89. The lowest BCUT2D eigenvalue weighted by Gasteiger charge is -2.34. The molecule has 0 spiro atoms. The third-order valence-electron chi connectivity index (χ3n) is 8.36. The quantitative estimate of drug-likeness (QED) is 0.193. The number of hydrogen-bond acceptors (Lipinski definition) is 17. The summed E-state index contributed by atoms with van der Waals surface area (Å²) in [6.45, 7) is -4.91. The number of nitrogens with two attached hydrogens (primary N) is 2. The van der Waals surface area contributed by atoms with Crippen LogP contribution in [0, 0.1) is 0 Å². The number of rotatable bonds is 3. The van der Waals surface area contributed by atoms with Gasteiger partial charge in [-0.1, -0.05) is 0 Å². The van der Waals surface area contributed by atoms with E-state index in [1.807, 2.05) is 0 Å². The molecule has 2 bridgehead atoms. The van der Waals surface area contributed by atoms with Gasteiger partial charge in [-0.15, -0.1) is 0 Å². The molecule has 8 heterocycles. The van der Waals surface area contributed by atoms with Crippen molar-refractivity contribution in [2.45, 2.75) is 48.6 Å². The Morgan fingerprint density at radius 1 is 1.04 bits per heavy atom. The van der Waals surface area contributed by atoms with Crippen molar-refractivity contribution in [3.05, 3.63) is 31.2 Å². The van der Waals surface area contributed by atoms with E-state index in [2.05, 4.69) is 24.9 Å². The number of pyridine rings is 1. The Bertz CT molecular complexity index is 1940. The van der Waals surface area contributed by atoms with Gasteiger partial charge in [-0.05, 0) is 17.9 Å². The van der Waals surface area contributed by atoms with Crippen LogP contribution in [0.5, 0.6) is 0 Å². The minimum absolute atomic E-state index is 0.0836. The highest BCUT2D eigenvalue weighted by atomic mass is 32.5. The van der Waals surface area contributed by atoms with Crippen molar-refractivity contribution in [1.82, 2.24) is 34.1 Å². The largest absolute Gasteiger partial charge is 0.397 e. The second kappa shape index (κ2) is 10.9. The summed E-state index contributed by atoms with van der Waals surface area (Å²) in [5.74, 6) is 0.170. The Morgan fingerprint density at radius 2 is 1.80 bits per heavy atom. The van der Waals surface area contributed by atoms with Gasteiger partial charge in [0.05, 0.1) is 38.2 Å². The number of hydrogen-bond donors (Lipinski definition) is 3. The molecule has 242 valence electrons. The molecule has 5 N–H and O–H groups in total. The van der Waals surface area contributed by atoms with Crippen LogP contribution in [-0.4, -0.2) is 110 Å². The van der Waals surface area contributed by atoms with Crippen LogP contribution < -0.4 is 11.5 Å². The standard InChI is InChI=1S/C23H26BN9O10P2S/c1-36-15-14-11(40-21(15)32-8-30-12-10(25)2-3-27-19(12)32)4-38-45(35,46)43-17-16-22(33-9-31-13-18(26)28-7-29-20(13)33)41-23(17,5-37-16)6-39-44(24,34)42-14/h2-3,7-9,11,14-17,21-22H,4-6H2,1H3,(H2,25,27)(H,35,46)(H2,26,28,29)/t11-,14?,15+,16?,17-,21-,22-,23-,44?,45?/m1/s1. The number of nitrogens with zero attached hydrogens (tertiary/aromatic N) is 7. The molecule has 4 aliphatic heterocycles. The smallest absolute Gasteiger partial charge is 0.325 e. The minimum Gasteiger partial charge on any atom is -0.397 e. The fraction of sp³-hybridized carbons (Fsp3) is 0.522. The highest BCUT2D eigenvalue weighted by molar-refractivity contribution is 8.07. The normalized spacial score (nSPS) is 39.7. The predicted molar refractivity (Wildman–Crippen MR) is 160 cm³/mol. The van der Waals surface area contributed by atoms with Crippen LogP contribution >= 0.6 is 14.2 Å². The number of fused-ring (bicyclic) bond motifs is 3. The first-order valence-corrected chi connectivity index (χ1v) is 18.0. The number of methoxy groups -OCH3 is 1. The molecule has 4 fully saturated rings. The van der Waals surface area contributed by atoms with Crippen molar-refractivity contribution in [2.24, 2.45) is 0 Å². The molecule has 0 saturated carbocycles. The molecule has 23 heteroatoms. The summed E-state index contributed by atoms with van der Waals surface area (Å²) in [5.41, 5.74) is 12.5. The van der Waals surface area contributed by atoms with Crippen LogP contribution in [-0.2, 0) is 53.4 Å². The number of nitrogen functional groups attached to an aromatic ring is 2. The molecule has 4 saturated heterocycles. The zero-order valence-electron chi connectivity index (χ0n) is 23.8. The van der Waals surface area contributed by atoms with Gasteiger partial charge >= 0.3 is 6.72 Å². The third-order valence-corrected chi connectivity index (χ3v) is 10.9. The van der Waals surface area contributed by atoms with Crippen LogP contribution in [0.2, 0.25) is 0 Å². The van der Waals surface area contributed by atoms with Crippen LogP contribution in [0.25, 0.3) is 22.3 Å². The summed E-state index contributed by atoms with van der Waals surface area (Å²) in [6.07, 6.45) is -1.08. The lowest BCUT2D eigenvalue weighted by molar-refractivity contribution is -0.183. The molecule has 4 aromatic heterocycles. The van der Waals surface area contributed by atoms with Gasteiger partial charge in [0.2, 0.25) is 7.57 Å². The van der Waals surface area contributed by atoms with E-state index in [9.17, 15) is 9.46 Å². The van der Waals surface area contributed by atoms with E-state index in [0.717, 1.165) is 0 Å². The van der Waals surface area contributed by atoms with E-state index in [1.165, 1.54) is 32.3 Å². The molecule has 0 amide bonds. The molecule has 4 aromatic rings. The Balaban J connectivity index is 1.11. The summed E-state index contributed by atoms with van der Waals surface area (Å²) in [4.78, 5) is 32.5. The zero-order valence-corrected chi connectivity index (χ0v) is 26.4. The van der Waals surface area contributed by atoms with Crippen LogP contribution in [0.4, 0.5) is 11.5 Å². The topological polar surface area (TPSA) is 237 Å². The average Bonchev–Trinajstić information content (AvgIpc) is 3.82. The Hall–Kier alpha value is -2.65. The number of ether oxygens (including phenoxy) is 4. The van der Waals surface area contributed by atoms with Gasteiger partial charge in [0.25, 0.3) is 7.47 Å². The van der Waals surface area contributed by atoms with Gasteiger partial charge in [-0.2, -0.15) is 0 Å². The van der Waals surface area contributed by atoms with E-state index in [4.69, 9.17) is 67.9 Å². The molecule has 46 heavy (non-hydrogen) atoms. The first-order valence-electron chi connectivity index (χ1n) is 13.8. The van der Waals surface area contributed by atoms with Crippen molar-refractivity contribution < 1.29 is 46.5 Å². The second-order valence-electron chi connectivity index (χ2n) is 11.1. The van der Waals surface area contributed by atoms with E-state index in [0.29, 0.717) is 28.0 Å². The minimum atomic E-state index is -4.37. The van der Waals surface area contributed by atoms with Crippen LogP contribution in [0.1, 0.15) is 12.5 Å². The summed E-state index contributed by atoms with van der Waals surface area (Å²) < 4.78 is 64.9. The second-order valence-corrected chi connectivity index (χ2v) is 15.4. The molecule has 2 radical (unpaired) electrons. The molecule has 0 aromatic carbocycles. The Kier molecular flexibility index (Phi) is 7.30. The van der Waals surface area contributed by atoms with Crippen molar-refractivity contribution in [2.75, 3.05) is 38.4 Å². The van der Waals surface area contributed by atoms with Crippen molar-refractivity contribution in [3.8, 4) is 0 Å². The van der Waals surface area contributed by atoms with E-state index in [-0.39, 0.29) is 19.0 Å².